The molecule has 9 heteroatoms. The molecule has 1 aliphatic heterocycles. The number of nitrogens with zero attached hydrogens (tertiary/aromatic N) is 1. The Bertz CT molecular complexity index is 521. The second kappa shape index (κ2) is 10.3. The average molecular weight is 402 g/mol. The molecule has 1 aliphatic rings. The molecule has 0 radical (unpaired) electrons. The summed E-state index contributed by atoms with van der Waals surface area (Å²) in [5, 5.41) is 6.30. The monoisotopic (exact) mass is 401 g/mol. The van der Waals surface area contributed by atoms with Gasteiger partial charge in [-0.2, -0.15) is 11.8 Å². The number of piperidine rings is 1. The standard InChI is InChI=1S/C18H35N5O3S/c1-17(2)11-13(12-18(3,4)22-17)19-15(25)16(26)21-20-14(24)7-9-27-10-8-23(5)6/h13,22H,7-12H2,1-6H3,(H,19,25)(H,20,24)(H,21,26). The first kappa shape index (κ1) is 23.7. The Morgan fingerprint density at radius 3 is 2.15 bits per heavy atom. The van der Waals surface area contributed by atoms with Gasteiger partial charge in [0.25, 0.3) is 0 Å². The molecule has 8 nitrogen and oxygen atoms in total. The lowest BCUT2D eigenvalue weighted by molar-refractivity contribution is -0.141. The van der Waals surface area contributed by atoms with E-state index in [-0.39, 0.29) is 29.4 Å². The van der Waals surface area contributed by atoms with Gasteiger partial charge >= 0.3 is 11.8 Å². The highest BCUT2D eigenvalue weighted by Crippen LogP contribution is 2.28. The van der Waals surface area contributed by atoms with Gasteiger partial charge in [0.1, 0.15) is 0 Å². The van der Waals surface area contributed by atoms with Crippen molar-refractivity contribution in [1.29, 1.82) is 0 Å². The maximum Gasteiger partial charge on any atom is 0.327 e. The van der Waals surface area contributed by atoms with Crippen LogP contribution in [0.3, 0.4) is 0 Å². The van der Waals surface area contributed by atoms with Crippen molar-refractivity contribution in [1.82, 2.24) is 26.4 Å². The fourth-order valence-corrected chi connectivity index (χ4v) is 4.46. The summed E-state index contributed by atoms with van der Waals surface area (Å²) in [5.74, 6) is -0.275. The molecule has 1 rings (SSSR count). The van der Waals surface area contributed by atoms with Gasteiger partial charge in [-0.05, 0) is 54.6 Å². The van der Waals surface area contributed by atoms with Crippen LogP contribution in [-0.2, 0) is 14.4 Å². The van der Waals surface area contributed by atoms with Gasteiger partial charge in [-0.15, -0.1) is 0 Å². The van der Waals surface area contributed by atoms with Crippen LogP contribution < -0.4 is 21.5 Å². The van der Waals surface area contributed by atoms with Gasteiger partial charge in [0, 0.05) is 41.6 Å². The number of hydrazine groups is 1. The molecule has 0 saturated carbocycles. The Kier molecular flexibility index (Phi) is 9.04. The van der Waals surface area contributed by atoms with Crippen LogP contribution in [0.15, 0.2) is 0 Å². The largest absolute Gasteiger partial charge is 0.345 e. The van der Waals surface area contributed by atoms with Crippen LogP contribution in [0.5, 0.6) is 0 Å². The molecule has 0 unspecified atom stereocenters. The number of carbonyl (C=O) groups is 3. The Morgan fingerprint density at radius 1 is 1.00 bits per heavy atom. The summed E-state index contributed by atoms with van der Waals surface area (Å²) >= 11 is 1.67. The highest BCUT2D eigenvalue weighted by molar-refractivity contribution is 7.99. The Morgan fingerprint density at radius 2 is 1.59 bits per heavy atom. The van der Waals surface area contributed by atoms with Gasteiger partial charge in [0.2, 0.25) is 5.91 Å². The van der Waals surface area contributed by atoms with Crippen molar-refractivity contribution < 1.29 is 14.4 Å². The normalized spacial score (nSPS) is 18.8. The summed E-state index contributed by atoms with van der Waals surface area (Å²) in [7, 11) is 4.00. The fourth-order valence-electron chi connectivity index (χ4n) is 3.44. The van der Waals surface area contributed by atoms with Gasteiger partial charge in [-0.25, -0.2) is 0 Å². The SMILES string of the molecule is CN(C)CCSCCC(=O)NNC(=O)C(=O)NC1CC(C)(C)NC(C)(C)C1. The van der Waals surface area contributed by atoms with Crippen molar-refractivity contribution >= 4 is 29.5 Å². The topological polar surface area (TPSA) is 103 Å². The van der Waals surface area contributed by atoms with E-state index in [0.29, 0.717) is 5.75 Å². The van der Waals surface area contributed by atoms with Crippen molar-refractivity contribution in [3.8, 4) is 0 Å². The summed E-state index contributed by atoms with van der Waals surface area (Å²) in [4.78, 5) is 37.9. The molecule has 0 bridgehead atoms. The molecular weight excluding hydrogens is 366 g/mol. The van der Waals surface area contributed by atoms with E-state index in [0.717, 1.165) is 25.1 Å². The summed E-state index contributed by atoms with van der Waals surface area (Å²) in [6, 6.07) is -0.0988. The second-order valence-electron chi connectivity index (χ2n) is 8.64. The fraction of sp³-hybridized carbons (Fsp3) is 0.833. The summed E-state index contributed by atoms with van der Waals surface area (Å²) in [6.07, 6.45) is 1.74. The number of hydrogen-bond donors (Lipinski definition) is 4. The average Bonchev–Trinajstić information content (AvgIpc) is 2.48. The van der Waals surface area contributed by atoms with E-state index in [1.807, 2.05) is 14.1 Å². The molecule has 0 spiro atoms. The van der Waals surface area contributed by atoms with Crippen LogP contribution in [0, 0.1) is 0 Å². The van der Waals surface area contributed by atoms with Crippen molar-refractivity contribution in [2.24, 2.45) is 0 Å². The molecule has 0 aromatic heterocycles. The molecular formula is C18H35N5O3S. The number of amides is 3. The maximum atomic E-state index is 12.1. The molecule has 4 N–H and O–H groups in total. The van der Waals surface area contributed by atoms with Gasteiger partial charge < -0.3 is 15.5 Å². The van der Waals surface area contributed by atoms with Crippen LogP contribution in [0.4, 0.5) is 0 Å². The number of hydrogen-bond acceptors (Lipinski definition) is 6. The van der Waals surface area contributed by atoms with Crippen LogP contribution in [0.2, 0.25) is 0 Å². The highest BCUT2D eigenvalue weighted by Gasteiger charge is 2.38. The third-order valence-electron chi connectivity index (χ3n) is 4.20. The van der Waals surface area contributed by atoms with Gasteiger partial charge in [-0.1, -0.05) is 0 Å². The van der Waals surface area contributed by atoms with Crippen LogP contribution in [0.1, 0.15) is 47.0 Å². The lowest BCUT2D eigenvalue weighted by Crippen LogP contribution is -2.63. The van der Waals surface area contributed by atoms with Crippen LogP contribution >= 0.6 is 11.8 Å². The molecule has 27 heavy (non-hydrogen) atoms. The molecule has 0 aromatic carbocycles. The Balaban J connectivity index is 2.30. The molecule has 1 fully saturated rings. The number of rotatable bonds is 7. The minimum Gasteiger partial charge on any atom is -0.345 e. The summed E-state index contributed by atoms with van der Waals surface area (Å²) in [6.45, 7) is 9.25. The molecule has 1 saturated heterocycles. The van der Waals surface area contributed by atoms with Gasteiger partial charge in [0.15, 0.2) is 0 Å². The van der Waals surface area contributed by atoms with Crippen molar-refractivity contribution in [3.05, 3.63) is 0 Å². The molecule has 3 amide bonds. The second-order valence-corrected chi connectivity index (χ2v) is 9.86. The van der Waals surface area contributed by atoms with Crippen LogP contribution in [-0.4, -0.2) is 71.9 Å². The molecule has 156 valence electrons. The Labute approximate surface area is 166 Å². The summed E-state index contributed by atoms with van der Waals surface area (Å²) < 4.78 is 0. The number of nitrogens with one attached hydrogen (secondary N) is 4. The first-order valence-electron chi connectivity index (χ1n) is 9.32. The zero-order valence-electron chi connectivity index (χ0n) is 17.4. The van der Waals surface area contributed by atoms with Gasteiger partial charge in [-0.3, -0.25) is 25.2 Å². The van der Waals surface area contributed by atoms with E-state index in [1.165, 1.54) is 0 Å². The summed E-state index contributed by atoms with van der Waals surface area (Å²) in [5.41, 5.74) is 4.23. The zero-order chi connectivity index (χ0) is 20.7. The zero-order valence-corrected chi connectivity index (χ0v) is 18.2. The number of thioether (sulfide) groups is 1. The van der Waals surface area contributed by atoms with Crippen molar-refractivity contribution in [2.45, 2.75) is 64.1 Å². The predicted molar refractivity (Wildman–Crippen MR) is 109 cm³/mol. The quantitative estimate of drug-likeness (QED) is 0.277. The van der Waals surface area contributed by atoms with E-state index in [2.05, 4.69) is 54.1 Å². The molecule has 0 aliphatic carbocycles. The maximum absolute atomic E-state index is 12.1. The van der Waals surface area contributed by atoms with E-state index in [4.69, 9.17) is 0 Å². The lowest BCUT2D eigenvalue weighted by Gasteiger charge is -2.46. The van der Waals surface area contributed by atoms with Crippen molar-refractivity contribution in [3.63, 3.8) is 0 Å². The first-order chi connectivity index (χ1) is 12.4. The van der Waals surface area contributed by atoms with E-state index >= 15 is 0 Å². The molecule has 0 atom stereocenters. The predicted octanol–water partition coefficient (Wildman–Crippen LogP) is 0.244. The minimum absolute atomic E-state index is 0.0988. The van der Waals surface area contributed by atoms with Crippen LogP contribution in [0.25, 0.3) is 0 Å². The lowest BCUT2D eigenvalue weighted by atomic mass is 9.79. The first-order valence-corrected chi connectivity index (χ1v) is 10.5. The van der Waals surface area contributed by atoms with Crippen molar-refractivity contribution in [2.75, 3.05) is 32.1 Å². The number of carbonyl (C=O) groups excluding carboxylic acids is 3. The third kappa shape index (κ3) is 9.97. The van der Waals surface area contributed by atoms with Gasteiger partial charge in [0.05, 0.1) is 0 Å². The van der Waals surface area contributed by atoms with E-state index in [9.17, 15) is 14.4 Å². The van der Waals surface area contributed by atoms with E-state index in [1.54, 1.807) is 11.8 Å². The smallest absolute Gasteiger partial charge is 0.327 e. The third-order valence-corrected chi connectivity index (χ3v) is 5.17. The van der Waals surface area contributed by atoms with E-state index < -0.39 is 11.8 Å². The molecule has 1 heterocycles. The Hall–Kier alpha value is -1.32. The highest BCUT2D eigenvalue weighted by atomic mass is 32.2. The minimum atomic E-state index is -0.849. The molecule has 0 aromatic rings.